The van der Waals surface area contributed by atoms with E-state index >= 15 is 0 Å². The quantitative estimate of drug-likeness (QED) is 0.920. The molecule has 0 unspecified atom stereocenters. The Balaban J connectivity index is 2.11. The third kappa shape index (κ3) is 2.98. The number of aromatic carboxylic acids is 1. The summed E-state index contributed by atoms with van der Waals surface area (Å²) in [6, 6.07) is 3.16. The van der Waals surface area contributed by atoms with Crippen molar-refractivity contribution in [2.75, 3.05) is 7.05 Å². The fourth-order valence-electron chi connectivity index (χ4n) is 2.87. The molecule has 0 bridgehead atoms. The van der Waals surface area contributed by atoms with Gasteiger partial charge in [-0.2, -0.15) is 0 Å². The van der Waals surface area contributed by atoms with Gasteiger partial charge in [0.15, 0.2) is 0 Å². The minimum Gasteiger partial charge on any atom is -0.477 e. The van der Waals surface area contributed by atoms with Crippen LogP contribution in [0.15, 0.2) is 18.3 Å². The lowest BCUT2D eigenvalue weighted by Crippen LogP contribution is -2.42. The first-order valence-corrected chi connectivity index (χ1v) is 6.97. The van der Waals surface area contributed by atoms with Crippen LogP contribution >= 0.6 is 0 Å². The minimum atomic E-state index is -1.08. The van der Waals surface area contributed by atoms with Gasteiger partial charge in [-0.3, -0.25) is 4.79 Å². The monoisotopic (exact) mass is 276 g/mol. The van der Waals surface area contributed by atoms with Gasteiger partial charge in [-0.15, -0.1) is 0 Å². The first-order valence-electron chi connectivity index (χ1n) is 6.97. The van der Waals surface area contributed by atoms with E-state index in [1.165, 1.54) is 24.8 Å². The highest BCUT2D eigenvalue weighted by atomic mass is 16.4. The van der Waals surface area contributed by atoms with Crippen LogP contribution in [0.25, 0.3) is 0 Å². The second kappa shape index (κ2) is 6.03. The first kappa shape index (κ1) is 14.5. The molecular weight excluding hydrogens is 256 g/mol. The van der Waals surface area contributed by atoms with Crippen LogP contribution in [0.1, 0.15) is 53.5 Å². The number of carboxylic acids is 1. The van der Waals surface area contributed by atoms with Gasteiger partial charge in [-0.25, -0.2) is 9.78 Å². The summed E-state index contributed by atoms with van der Waals surface area (Å²) < 4.78 is 0. The lowest BCUT2D eigenvalue weighted by molar-refractivity contribution is 0.0625. The van der Waals surface area contributed by atoms with Crippen molar-refractivity contribution >= 4 is 11.9 Å². The molecule has 1 amide bonds. The summed E-state index contributed by atoms with van der Waals surface area (Å²) in [7, 11) is 1.82. The zero-order valence-electron chi connectivity index (χ0n) is 11.9. The van der Waals surface area contributed by atoms with Gasteiger partial charge in [0.2, 0.25) is 0 Å². The molecule has 1 N–H and O–H groups in total. The summed E-state index contributed by atoms with van der Waals surface area (Å²) in [5, 5.41) is 8.80. The Hall–Kier alpha value is -1.91. The molecule has 0 aromatic carbocycles. The second-order valence-corrected chi connectivity index (χ2v) is 5.48. The van der Waals surface area contributed by atoms with E-state index in [1.807, 2.05) is 7.05 Å². The van der Waals surface area contributed by atoms with Crippen LogP contribution in [0.4, 0.5) is 0 Å². The lowest BCUT2D eigenvalue weighted by atomic mass is 9.85. The topological polar surface area (TPSA) is 70.5 Å². The number of carbonyl (C=O) groups is 2. The Kier molecular flexibility index (Phi) is 4.37. The summed E-state index contributed by atoms with van der Waals surface area (Å²) in [5.74, 6) is -0.671. The molecule has 108 valence electrons. The van der Waals surface area contributed by atoms with Gasteiger partial charge < -0.3 is 10.0 Å². The third-order valence-electron chi connectivity index (χ3n) is 4.11. The van der Waals surface area contributed by atoms with Gasteiger partial charge in [-0.05, 0) is 30.9 Å². The van der Waals surface area contributed by atoms with E-state index in [4.69, 9.17) is 5.11 Å². The van der Waals surface area contributed by atoms with E-state index in [9.17, 15) is 9.59 Å². The molecule has 20 heavy (non-hydrogen) atoms. The smallest absolute Gasteiger partial charge is 0.354 e. The molecule has 0 aliphatic heterocycles. The summed E-state index contributed by atoms with van der Waals surface area (Å²) >= 11 is 0. The van der Waals surface area contributed by atoms with Crippen LogP contribution in [-0.2, 0) is 0 Å². The molecule has 1 fully saturated rings. The zero-order valence-corrected chi connectivity index (χ0v) is 11.9. The molecule has 2 atom stereocenters. The number of amides is 1. The van der Waals surface area contributed by atoms with Crippen LogP contribution in [-0.4, -0.2) is 40.0 Å². The Morgan fingerprint density at radius 3 is 2.55 bits per heavy atom. The molecule has 5 heteroatoms. The summed E-state index contributed by atoms with van der Waals surface area (Å²) in [4.78, 5) is 28.7. The van der Waals surface area contributed by atoms with Gasteiger partial charge in [0.05, 0.1) is 5.56 Å². The van der Waals surface area contributed by atoms with Crippen molar-refractivity contribution in [2.24, 2.45) is 5.92 Å². The van der Waals surface area contributed by atoms with Crippen LogP contribution in [0, 0.1) is 5.92 Å². The SMILES string of the molecule is C[C@H]1CCCC[C@H]1N(C)C(=O)c1ccc(C(=O)O)nc1. The van der Waals surface area contributed by atoms with Crippen molar-refractivity contribution in [1.29, 1.82) is 0 Å². The molecule has 0 spiro atoms. The molecule has 2 rings (SSSR count). The number of aromatic nitrogens is 1. The van der Waals surface area contributed by atoms with Gasteiger partial charge in [0, 0.05) is 19.3 Å². The third-order valence-corrected chi connectivity index (χ3v) is 4.11. The van der Waals surface area contributed by atoms with Crippen LogP contribution < -0.4 is 0 Å². The van der Waals surface area contributed by atoms with E-state index in [2.05, 4.69) is 11.9 Å². The van der Waals surface area contributed by atoms with Crippen molar-refractivity contribution < 1.29 is 14.7 Å². The first-order chi connectivity index (χ1) is 9.50. The van der Waals surface area contributed by atoms with E-state index in [0.29, 0.717) is 11.5 Å². The Morgan fingerprint density at radius 1 is 1.30 bits per heavy atom. The highest BCUT2D eigenvalue weighted by Crippen LogP contribution is 2.28. The fourth-order valence-corrected chi connectivity index (χ4v) is 2.87. The summed E-state index contributed by atoms with van der Waals surface area (Å²) in [6.07, 6.45) is 5.91. The average molecular weight is 276 g/mol. The molecule has 1 aromatic rings. The minimum absolute atomic E-state index is 0.0461. The molecule has 1 aliphatic carbocycles. The van der Waals surface area contributed by atoms with Crippen molar-refractivity contribution in [3.63, 3.8) is 0 Å². The second-order valence-electron chi connectivity index (χ2n) is 5.48. The number of pyridine rings is 1. The van der Waals surface area contributed by atoms with Gasteiger partial charge in [0.1, 0.15) is 5.69 Å². The maximum absolute atomic E-state index is 12.4. The molecule has 1 aromatic heterocycles. The number of hydrogen-bond acceptors (Lipinski definition) is 3. The Labute approximate surface area is 118 Å². The predicted octanol–water partition coefficient (Wildman–Crippen LogP) is 2.43. The molecule has 1 saturated carbocycles. The van der Waals surface area contributed by atoms with E-state index in [1.54, 1.807) is 4.90 Å². The van der Waals surface area contributed by atoms with Gasteiger partial charge in [-0.1, -0.05) is 19.8 Å². The molecular formula is C15H20N2O3. The standard InChI is InChI=1S/C15H20N2O3/c1-10-5-3-4-6-13(10)17(2)14(18)11-7-8-12(15(19)20)16-9-11/h7-10,13H,3-6H2,1-2H3,(H,19,20)/t10-,13+/m0/s1. The van der Waals surface area contributed by atoms with E-state index in [0.717, 1.165) is 19.3 Å². The van der Waals surface area contributed by atoms with E-state index in [-0.39, 0.29) is 17.6 Å². The number of carbonyl (C=O) groups excluding carboxylic acids is 1. The lowest BCUT2D eigenvalue weighted by Gasteiger charge is -2.36. The predicted molar refractivity (Wildman–Crippen MR) is 74.7 cm³/mol. The van der Waals surface area contributed by atoms with Crippen molar-refractivity contribution in [2.45, 2.75) is 38.6 Å². The zero-order chi connectivity index (χ0) is 14.7. The average Bonchev–Trinajstić information content (AvgIpc) is 2.46. The molecule has 0 radical (unpaired) electrons. The van der Waals surface area contributed by atoms with E-state index < -0.39 is 5.97 Å². The van der Waals surface area contributed by atoms with Gasteiger partial charge in [0.25, 0.3) is 5.91 Å². The Morgan fingerprint density at radius 2 is 2.00 bits per heavy atom. The maximum Gasteiger partial charge on any atom is 0.354 e. The Bertz CT molecular complexity index is 498. The van der Waals surface area contributed by atoms with Crippen LogP contribution in [0.3, 0.4) is 0 Å². The van der Waals surface area contributed by atoms with Crippen LogP contribution in [0.5, 0.6) is 0 Å². The summed E-state index contributed by atoms with van der Waals surface area (Å²) in [5.41, 5.74) is 0.394. The summed E-state index contributed by atoms with van der Waals surface area (Å²) in [6.45, 7) is 2.18. The molecule has 1 heterocycles. The highest BCUT2D eigenvalue weighted by Gasteiger charge is 2.28. The number of nitrogens with zero attached hydrogens (tertiary/aromatic N) is 2. The van der Waals surface area contributed by atoms with Crippen LogP contribution in [0.2, 0.25) is 0 Å². The van der Waals surface area contributed by atoms with Gasteiger partial charge >= 0.3 is 5.97 Å². The van der Waals surface area contributed by atoms with Crippen molar-refractivity contribution in [3.05, 3.63) is 29.6 Å². The number of rotatable bonds is 3. The number of hydrogen-bond donors (Lipinski definition) is 1. The molecule has 5 nitrogen and oxygen atoms in total. The largest absolute Gasteiger partial charge is 0.477 e. The molecule has 0 saturated heterocycles. The molecule has 1 aliphatic rings. The normalized spacial score (nSPS) is 22.3. The van der Waals surface area contributed by atoms with Crippen molar-refractivity contribution in [1.82, 2.24) is 9.88 Å². The maximum atomic E-state index is 12.4. The number of carboxylic acid groups (broad SMARTS) is 1. The fraction of sp³-hybridized carbons (Fsp3) is 0.533. The van der Waals surface area contributed by atoms with Crippen molar-refractivity contribution in [3.8, 4) is 0 Å². The highest BCUT2D eigenvalue weighted by molar-refractivity contribution is 5.95.